The number of fused-ring (bicyclic) bond motifs is 1. The van der Waals surface area contributed by atoms with E-state index in [2.05, 4.69) is 16.0 Å². The maximum Gasteiger partial charge on any atom is 0.213 e. The van der Waals surface area contributed by atoms with Crippen LogP contribution in [0.2, 0.25) is 0 Å². The average Bonchev–Trinajstić information content (AvgIpc) is 2.88. The van der Waals surface area contributed by atoms with Gasteiger partial charge in [-0.2, -0.15) is 0 Å². The van der Waals surface area contributed by atoms with E-state index in [4.69, 9.17) is 14.5 Å². The first-order valence-electron chi connectivity index (χ1n) is 8.06. The number of anilines is 1. The SMILES string of the molecule is Cc1cccc(O[C@H]2COCCN(c3nc4ccccc4s3)C2)n1. The molecule has 124 valence electrons. The van der Waals surface area contributed by atoms with Crippen LogP contribution in [0.3, 0.4) is 0 Å². The fourth-order valence-electron chi connectivity index (χ4n) is 2.77. The highest BCUT2D eigenvalue weighted by Gasteiger charge is 2.23. The highest BCUT2D eigenvalue weighted by molar-refractivity contribution is 7.22. The number of rotatable bonds is 3. The van der Waals surface area contributed by atoms with Gasteiger partial charge in [0, 0.05) is 18.3 Å². The van der Waals surface area contributed by atoms with Gasteiger partial charge in [-0.1, -0.05) is 29.5 Å². The second-order valence-corrected chi connectivity index (χ2v) is 6.85. The normalized spacial score (nSPS) is 18.5. The summed E-state index contributed by atoms with van der Waals surface area (Å²) in [5.41, 5.74) is 1.99. The smallest absolute Gasteiger partial charge is 0.213 e. The van der Waals surface area contributed by atoms with Gasteiger partial charge in [0.05, 0.1) is 30.0 Å². The molecule has 0 radical (unpaired) electrons. The van der Waals surface area contributed by atoms with E-state index in [9.17, 15) is 0 Å². The van der Waals surface area contributed by atoms with E-state index in [1.165, 1.54) is 4.70 Å². The lowest BCUT2D eigenvalue weighted by molar-refractivity contribution is 0.0705. The van der Waals surface area contributed by atoms with Crippen LogP contribution in [-0.2, 0) is 4.74 Å². The first-order chi connectivity index (χ1) is 11.8. The van der Waals surface area contributed by atoms with Crippen LogP contribution in [0, 0.1) is 6.92 Å². The Kier molecular flexibility index (Phi) is 4.32. The summed E-state index contributed by atoms with van der Waals surface area (Å²) in [4.78, 5) is 11.4. The summed E-state index contributed by atoms with van der Waals surface area (Å²) in [7, 11) is 0. The van der Waals surface area contributed by atoms with Crippen molar-refractivity contribution < 1.29 is 9.47 Å². The van der Waals surface area contributed by atoms with Crippen molar-refractivity contribution in [1.29, 1.82) is 0 Å². The second-order valence-electron chi connectivity index (χ2n) is 5.84. The fraction of sp³-hybridized carbons (Fsp3) is 0.333. The summed E-state index contributed by atoms with van der Waals surface area (Å²) in [6.07, 6.45) is -0.0613. The number of pyridine rings is 1. The number of benzene rings is 1. The van der Waals surface area contributed by atoms with Gasteiger partial charge in [-0.05, 0) is 25.1 Å². The molecule has 1 atom stereocenters. The Bertz CT molecular complexity index is 803. The van der Waals surface area contributed by atoms with E-state index >= 15 is 0 Å². The molecule has 0 unspecified atom stereocenters. The van der Waals surface area contributed by atoms with Crippen molar-refractivity contribution in [1.82, 2.24) is 9.97 Å². The second kappa shape index (κ2) is 6.75. The van der Waals surface area contributed by atoms with Crippen LogP contribution >= 0.6 is 11.3 Å². The van der Waals surface area contributed by atoms with Crippen LogP contribution in [0.1, 0.15) is 5.69 Å². The summed E-state index contributed by atoms with van der Waals surface area (Å²) < 4.78 is 13.0. The van der Waals surface area contributed by atoms with Gasteiger partial charge in [0.25, 0.3) is 0 Å². The maximum atomic E-state index is 6.04. The molecule has 4 rings (SSSR count). The predicted octanol–water partition coefficient (Wildman–Crippen LogP) is 3.28. The number of thiazole rings is 1. The van der Waals surface area contributed by atoms with Crippen molar-refractivity contribution >= 4 is 26.7 Å². The molecule has 0 bridgehead atoms. The van der Waals surface area contributed by atoms with E-state index in [0.29, 0.717) is 19.1 Å². The molecule has 3 heterocycles. The van der Waals surface area contributed by atoms with Gasteiger partial charge in [-0.3, -0.25) is 0 Å². The van der Waals surface area contributed by atoms with E-state index in [1.54, 1.807) is 11.3 Å². The van der Waals surface area contributed by atoms with Gasteiger partial charge in [0.2, 0.25) is 5.88 Å². The summed E-state index contributed by atoms with van der Waals surface area (Å²) in [6, 6.07) is 14.0. The molecule has 24 heavy (non-hydrogen) atoms. The number of nitrogens with zero attached hydrogens (tertiary/aromatic N) is 3. The molecule has 1 aromatic carbocycles. The summed E-state index contributed by atoms with van der Waals surface area (Å²) in [6.45, 7) is 4.77. The molecule has 0 aliphatic carbocycles. The lowest BCUT2D eigenvalue weighted by Crippen LogP contribution is -2.36. The highest BCUT2D eigenvalue weighted by atomic mass is 32.1. The Morgan fingerprint density at radius 2 is 2.08 bits per heavy atom. The van der Waals surface area contributed by atoms with Gasteiger partial charge < -0.3 is 14.4 Å². The van der Waals surface area contributed by atoms with E-state index in [1.807, 2.05) is 43.3 Å². The molecule has 0 N–H and O–H groups in total. The minimum atomic E-state index is -0.0613. The zero-order valence-corrected chi connectivity index (χ0v) is 14.3. The van der Waals surface area contributed by atoms with Gasteiger partial charge in [-0.25, -0.2) is 9.97 Å². The molecule has 3 aromatic rings. The van der Waals surface area contributed by atoms with Crippen molar-refractivity contribution in [3.8, 4) is 5.88 Å². The molecular weight excluding hydrogens is 322 g/mol. The van der Waals surface area contributed by atoms with Gasteiger partial charge in [0.15, 0.2) is 5.13 Å². The lowest BCUT2D eigenvalue weighted by Gasteiger charge is -2.23. The van der Waals surface area contributed by atoms with Gasteiger partial charge in [-0.15, -0.1) is 0 Å². The van der Waals surface area contributed by atoms with E-state index in [-0.39, 0.29) is 6.10 Å². The monoisotopic (exact) mass is 341 g/mol. The number of para-hydroxylation sites is 1. The topological polar surface area (TPSA) is 47.5 Å². The third kappa shape index (κ3) is 3.34. The zero-order valence-electron chi connectivity index (χ0n) is 13.5. The van der Waals surface area contributed by atoms with Crippen LogP contribution in [0.25, 0.3) is 10.2 Å². The number of hydrogen-bond donors (Lipinski definition) is 0. The fourth-order valence-corrected chi connectivity index (χ4v) is 3.77. The number of ether oxygens (including phenoxy) is 2. The van der Waals surface area contributed by atoms with E-state index in [0.717, 1.165) is 29.4 Å². The van der Waals surface area contributed by atoms with Crippen LogP contribution < -0.4 is 9.64 Å². The largest absolute Gasteiger partial charge is 0.470 e. The third-order valence-electron chi connectivity index (χ3n) is 3.94. The quantitative estimate of drug-likeness (QED) is 0.732. The average molecular weight is 341 g/mol. The van der Waals surface area contributed by atoms with Gasteiger partial charge in [0.1, 0.15) is 6.10 Å². The van der Waals surface area contributed by atoms with Crippen molar-refractivity contribution in [3.63, 3.8) is 0 Å². The Balaban J connectivity index is 1.53. The molecule has 0 saturated carbocycles. The summed E-state index contributed by atoms with van der Waals surface area (Å²) in [5, 5.41) is 1.02. The first-order valence-corrected chi connectivity index (χ1v) is 8.88. The standard InChI is InChI=1S/C18H19N3O2S/c1-13-5-4-8-17(19-13)23-14-11-21(9-10-22-12-14)18-20-15-6-2-3-7-16(15)24-18/h2-8,14H,9-12H2,1H3/t14-/m1/s1. The third-order valence-corrected chi connectivity index (χ3v) is 5.03. The van der Waals surface area contributed by atoms with Crippen molar-refractivity contribution in [3.05, 3.63) is 48.2 Å². The molecule has 6 heteroatoms. The van der Waals surface area contributed by atoms with Crippen molar-refractivity contribution in [2.24, 2.45) is 0 Å². The number of aryl methyl sites for hydroxylation is 1. The first kappa shape index (κ1) is 15.4. The molecule has 1 aliphatic rings. The lowest BCUT2D eigenvalue weighted by atomic mass is 10.3. The zero-order chi connectivity index (χ0) is 16.4. The van der Waals surface area contributed by atoms with Crippen molar-refractivity contribution in [2.75, 3.05) is 31.2 Å². The Labute approximate surface area is 144 Å². The minimum absolute atomic E-state index is 0.0613. The Morgan fingerprint density at radius 3 is 2.96 bits per heavy atom. The molecule has 2 aromatic heterocycles. The molecule has 1 saturated heterocycles. The Morgan fingerprint density at radius 1 is 1.17 bits per heavy atom. The number of aromatic nitrogens is 2. The van der Waals surface area contributed by atoms with Crippen LogP contribution in [0.15, 0.2) is 42.5 Å². The maximum absolute atomic E-state index is 6.04. The minimum Gasteiger partial charge on any atom is -0.470 e. The molecule has 0 amide bonds. The molecule has 5 nitrogen and oxygen atoms in total. The number of hydrogen-bond acceptors (Lipinski definition) is 6. The molecule has 1 aliphatic heterocycles. The van der Waals surface area contributed by atoms with Crippen LogP contribution in [0.5, 0.6) is 5.88 Å². The predicted molar refractivity (Wildman–Crippen MR) is 96.0 cm³/mol. The van der Waals surface area contributed by atoms with Gasteiger partial charge >= 0.3 is 0 Å². The Hall–Kier alpha value is -2.18. The van der Waals surface area contributed by atoms with E-state index < -0.39 is 0 Å². The van der Waals surface area contributed by atoms with Crippen molar-refractivity contribution in [2.45, 2.75) is 13.0 Å². The molecule has 0 spiro atoms. The molecular formula is C18H19N3O2S. The summed E-state index contributed by atoms with van der Waals surface area (Å²) in [5.74, 6) is 0.648. The van der Waals surface area contributed by atoms with Crippen LogP contribution in [0.4, 0.5) is 5.13 Å². The summed E-state index contributed by atoms with van der Waals surface area (Å²) >= 11 is 1.71. The van der Waals surface area contributed by atoms with Crippen LogP contribution in [-0.4, -0.2) is 42.4 Å². The highest BCUT2D eigenvalue weighted by Crippen LogP contribution is 2.29. The molecule has 1 fully saturated rings.